The molecule has 0 aliphatic carbocycles. The van der Waals surface area contributed by atoms with Crippen LogP contribution in [0.25, 0.3) is 0 Å². The van der Waals surface area contributed by atoms with Crippen LogP contribution in [0, 0.1) is 5.82 Å². The Hall–Kier alpha value is -1.09. The Labute approximate surface area is 95.8 Å². The van der Waals surface area contributed by atoms with Crippen molar-refractivity contribution in [3.63, 3.8) is 0 Å². The topological polar surface area (TPSA) is 21.3 Å². The van der Waals surface area contributed by atoms with E-state index in [1.165, 1.54) is 6.07 Å². The first kappa shape index (κ1) is 11.4. The predicted octanol–water partition coefficient (Wildman–Crippen LogP) is 2.48. The van der Waals surface area contributed by atoms with Crippen molar-refractivity contribution >= 4 is 0 Å². The molecule has 16 heavy (non-hydrogen) atoms. The molecule has 1 atom stereocenters. The SMILES string of the molecule is COc1cccc(F)c1C1(C)CCCNC1. The molecule has 1 saturated heterocycles. The number of halogens is 1. The standard InChI is InChI=1S/C13H18FNO/c1-13(7-4-8-15-9-13)12-10(14)5-3-6-11(12)16-2/h3,5-6,15H,4,7-9H2,1-2H3. The lowest BCUT2D eigenvalue weighted by molar-refractivity contribution is 0.309. The molecule has 0 spiro atoms. The minimum Gasteiger partial charge on any atom is -0.496 e. The third-order valence-electron chi connectivity index (χ3n) is 3.40. The molecule has 0 bridgehead atoms. The van der Waals surface area contributed by atoms with Crippen LogP contribution in [-0.4, -0.2) is 20.2 Å². The van der Waals surface area contributed by atoms with Gasteiger partial charge in [0.1, 0.15) is 11.6 Å². The summed E-state index contributed by atoms with van der Waals surface area (Å²) in [6.07, 6.45) is 2.07. The molecular formula is C13H18FNO. The quantitative estimate of drug-likeness (QED) is 0.831. The number of hydrogen-bond acceptors (Lipinski definition) is 2. The molecule has 0 radical (unpaired) electrons. The molecule has 0 amide bonds. The fourth-order valence-corrected chi connectivity index (χ4v) is 2.53. The Balaban J connectivity index is 2.44. The van der Waals surface area contributed by atoms with Crippen molar-refractivity contribution in [3.8, 4) is 5.75 Å². The Morgan fingerprint density at radius 3 is 2.88 bits per heavy atom. The fourth-order valence-electron chi connectivity index (χ4n) is 2.53. The highest BCUT2D eigenvalue weighted by molar-refractivity contribution is 5.41. The van der Waals surface area contributed by atoms with Gasteiger partial charge in [-0.3, -0.25) is 0 Å². The second-order valence-electron chi connectivity index (χ2n) is 4.66. The zero-order chi connectivity index (χ0) is 11.6. The number of methoxy groups -OCH3 is 1. The summed E-state index contributed by atoms with van der Waals surface area (Å²) in [5, 5.41) is 3.33. The highest BCUT2D eigenvalue weighted by Crippen LogP contribution is 2.38. The van der Waals surface area contributed by atoms with Crippen molar-refractivity contribution in [2.24, 2.45) is 0 Å². The fraction of sp³-hybridized carbons (Fsp3) is 0.538. The average Bonchev–Trinajstić information content (AvgIpc) is 2.29. The molecule has 88 valence electrons. The lowest BCUT2D eigenvalue weighted by Crippen LogP contribution is -2.41. The Morgan fingerprint density at radius 2 is 2.25 bits per heavy atom. The van der Waals surface area contributed by atoms with Crippen LogP contribution in [0.3, 0.4) is 0 Å². The summed E-state index contributed by atoms with van der Waals surface area (Å²) in [6.45, 7) is 3.93. The zero-order valence-corrected chi connectivity index (χ0v) is 9.85. The molecule has 1 aliphatic heterocycles. The van der Waals surface area contributed by atoms with Crippen molar-refractivity contribution in [2.45, 2.75) is 25.2 Å². The lowest BCUT2D eigenvalue weighted by atomic mass is 9.76. The van der Waals surface area contributed by atoms with Gasteiger partial charge in [0.2, 0.25) is 0 Å². The van der Waals surface area contributed by atoms with Crippen molar-refractivity contribution < 1.29 is 9.13 Å². The second kappa shape index (κ2) is 4.42. The van der Waals surface area contributed by atoms with E-state index in [-0.39, 0.29) is 11.2 Å². The molecule has 1 fully saturated rings. The maximum absolute atomic E-state index is 14.0. The van der Waals surface area contributed by atoms with Gasteiger partial charge in [0, 0.05) is 17.5 Å². The summed E-state index contributed by atoms with van der Waals surface area (Å²) in [7, 11) is 1.60. The molecule has 1 aromatic rings. The molecule has 1 unspecified atom stereocenters. The highest BCUT2D eigenvalue weighted by atomic mass is 19.1. The van der Waals surface area contributed by atoms with Crippen molar-refractivity contribution in [1.82, 2.24) is 5.32 Å². The van der Waals surface area contributed by atoms with Gasteiger partial charge in [-0.1, -0.05) is 13.0 Å². The molecule has 1 aromatic carbocycles. The first-order valence-electron chi connectivity index (χ1n) is 5.71. The van der Waals surface area contributed by atoms with Crippen LogP contribution < -0.4 is 10.1 Å². The molecule has 1 heterocycles. The second-order valence-corrected chi connectivity index (χ2v) is 4.66. The predicted molar refractivity (Wildman–Crippen MR) is 62.4 cm³/mol. The summed E-state index contributed by atoms with van der Waals surface area (Å²) in [4.78, 5) is 0. The number of benzene rings is 1. The minimum absolute atomic E-state index is 0.158. The molecule has 2 rings (SSSR count). The highest BCUT2D eigenvalue weighted by Gasteiger charge is 2.33. The van der Waals surface area contributed by atoms with E-state index in [0.717, 1.165) is 25.9 Å². The zero-order valence-electron chi connectivity index (χ0n) is 9.85. The monoisotopic (exact) mass is 223 g/mol. The minimum atomic E-state index is -0.162. The van der Waals surface area contributed by atoms with Gasteiger partial charge >= 0.3 is 0 Å². The summed E-state index contributed by atoms with van der Waals surface area (Å²) >= 11 is 0. The first-order chi connectivity index (χ1) is 7.67. The van der Waals surface area contributed by atoms with Crippen LogP contribution in [0.2, 0.25) is 0 Å². The van der Waals surface area contributed by atoms with E-state index < -0.39 is 0 Å². The van der Waals surface area contributed by atoms with Crippen LogP contribution in [-0.2, 0) is 5.41 Å². The van der Waals surface area contributed by atoms with Gasteiger partial charge in [0.15, 0.2) is 0 Å². The maximum Gasteiger partial charge on any atom is 0.130 e. The molecule has 0 aromatic heterocycles. The number of rotatable bonds is 2. The Bertz CT molecular complexity index is 372. The largest absolute Gasteiger partial charge is 0.496 e. The van der Waals surface area contributed by atoms with E-state index in [0.29, 0.717) is 11.3 Å². The van der Waals surface area contributed by atoms with Gasteiger partial charge < -0.3 is 10.1 Å². The molecule has 2 nitrogen and oxygen atoms in total. The van der Waals surface area contributed by atoms with E-state index >= 15 is 0 Å². The summed E-state index contributed by atoms with van der Waals surface area (Å²) < 4.78 is 19.2. The van der Waals surface area contributed by atoms with Crippen LogP contribution in [0.1, 0.15) is 25.3 Å². The van der Waals surface area contributed by atoms with Crippen molar-refractivity contribution in [3.05, 3.63) is 29.6 Å². The normalized spacial score (nSPS) is 25.4. The maximum atomic E-state index is 14.0. The molecule has 0 saturated carbocycles. The van der Waals surface area contributed by atoms with Gasteiger partial charge in [0.05, 0.1) is 7.11 Å². The van der Waals surface area contributed by atoms with Crippen LogP contribution >= 0.6 is 0 Å². The smallest absolute Gasteiger partial charge is 0.130 e. The third-order valence-corrected chi connectivity index (χ3v) is 3.40. The van der Waals surface area contributed by atoms with Crippen LogP contribution in [0.15, 0.2) is 18.2 Å². The van der Waals surface area contributed by atoms with E-state index in [1.54, 1.807) is 13.2 Å². The van der Waals surface area contributed by atoms with Gasteiger partial charge in [-0.15, -0.1) is 0 Å². The summed E-state index contributed by atoms with van der Waals surface area (Å²) in [5.74, 6) is 0.497. The van der Waals surface area contributed by atoms with Gasteiger partial charge in [-0.2, -0.15) is 0 Å². The number of piperidine rings is 1. The van der Waals surface area contributed by atoms with Crippen LogP contribution in [0.5, 0.6) is 5.75 Å². The van der Waals surface area contributed by atoms with E-state index in [2.05, 4.69) is 12.2 Å². The van der Waals surface area contributed by atoms with E-state index in [4.69, 9.17) is 4.74 Å². The van der Waals surface area contributed by atoms with Crippen molar-refractivity contribution in [1.29, 1.82) is 0 Å². The Kier molecular flexibility index (Phi) is 3.15. The summed E-state index contributed by atoms with van der Waals surface area (Å²) in [5.41, 5.74) is 0.555. The Morgan fingerprint density at radius 1 is 1.44 bits per heavy atom. The molecular weight excluding hydrogens is 205 g/mol. The van der Waals surface area contributed by atoms with E-state index in [1.807, 2.05) is 6.07 Å². The van der Waals surface area contributed by atoms with Gasteiger partial charge in [-0.05, 0) is 31.5 Å². The van der Waals surface area contributed by atoms with Crippen molar-refractivity contribution in [2.75, 3.05) is 20.2 Å². The molecule has 1 aliphatic rings. The molecule has 1 N–H and O–H groups in total. The molecule has 3 heteroatoms. The number of ether oxygens (including phenoxy) is 1. The van der Waals surface area contributed by atoms with E-state index in [9.17, 15) is 4.39 Å². The first-order valence-corrected chi connectivity index (χ1v) is 5.71. The number of hydrogen-bond donors (Lipinski definition) is 1. The third kappa shape index (κ3) is 1.92. The van der Waals surface area contributed by atoms with Crippen LogP contribution in [0.4, 0.5) is 4.39 Å². The average molecular weight is 223 g/mol. The lowest BCUT2D eigenvalue weighted by Gasteiger charge is -2.35. The number of nitrogens with one attached hydrogen (secondary N) is 1. The van der Waals surface area contributed by atoms with Gasteiger partial charge in [-0.25, -0.2) is 4.39 Å². The summed E-state index contributed by atoms with van der Waals surface area (Å²) in [6, 6.07) is 5.03. The van der Waals surface area contributed by atoms with Gasteiger partial charge in [0.25, 0.3) is 0 Å².